The van der Waals surface area contributed by atoms with Gasteiger partial charge in [-0.3, -0.25) is 0 Å². The third-order valence-electron chi connectivity index (χ3n) is 11.6. The van der Waals surface area contributed by atoms with E-state index in [0.29, 0.717) is 16.9 Å². The van der Waals surface area contributed by atoms with E-state index >= 15 is 0 Å². The monoisotopic (exact) mass is 476 g/mol. The van der Waals surface area contributed by atoms with Crippen LogP contribution < -0.4 is 4.74 Å². The van der Waals surface area contributed by atoms with Gasteiger partial charge < -0.3 is 4.74 Å². The molecule has 0 bridgehead atoms. The molecule has 4 aliphatic rings. The van der Waals surface area contributed by atoms with Gasteiger partial charge in [-0.25, -0.2) is 0 Å². The molecule has 0 saturated heterocycles. The Balaban J connectivity index is 1.26. The van der Waals surface area contributed by atoms with Gasteiger partial charge >= 0.3 is 0 Å². The summed E-state index contributed by atoms with van der Waals surface area (Å²) in [5.41, 5.74) is 4.05. The average molecular weight is 477 g/mol. The third-order valence-corrected chi connectivity index (χ3v) is 11.6. The topological polar surface area (TPSA) is 9.23 Å². The molecule has 0 aromatic heterocycles. The van der Waals surface area contributed by atoms with Crippen molar-refractivity contribution in [2.45, 2.75) is 118 Å². The maximum atomic E-state index is 6.47. The molecule has 3 fully saturated rings. The first-order valence-electron chi connectivity index (χ1n) is 15.1. The number of aryl methyl sites for hydroxylation is 1. The Morgan fingerprint density at radius 3 is 2.43 bits per heavy atom. The van der Waals surface area contributed by atoms with Gasteiger partial charge in [-0.15, -0.1) is 0 Å². The first kappa shape index (κ1) is 25.4. The lowest BCUT2D eigenvalue weighted by molar-refractivity contribution is -0.0559. The molecule has 0 spiro atoms. The highest BCUT2D eigenvalue weighted by Crippen LogP contribution is 2.67. The smallest absolute Gasteiger partial charge is 0.119 e. The summed E-state index contributed by atoms with van der Waals surface area (Å²) in [6, 6.07) is 8.64. The van der Waals surface area contributed by atoms with E-state index < -0.39 is 0 Å². The standard InChI is InChI=1S/C34H52O/c1-23(2)8-7-9-25(4)30-16-17-31-29-15-12-26-22-28(35-27-13-10-24(3)11-14-27)18-20-33(26,5)32(29)19-21-34(30,31)6/h10-14,23,25,28-32H,7-9,15-22H2,1-6H3/t25-,28+,29+,30-,31-,32-,33+,34-/m1/s1. The van der Waals surface area contributed by atoms with E-state index in [1.165, 1.54) is 69.8 Å². The maximum absolute atomic E-state index is 6.47. The molecule has 0 heterocycles. The Labute approximate surface area is 216 Å². The number of fused-ring (bicyclic) bond motifs is 5. The fourth-order valence-corrected chi connectivity index (χ4v) is 9.56. The Morgan fingerprint density at radius 1 is 0.914 bits per heavy atom. The molecule has 194 valence electrons. The highest BCUT2D eigenvalue weighted by Gasteiger charge is 2.59. The molecule has 0 amide bonds. The molecular formula is C34H52O. The normalized spacial score (nSPS) is 39.4. The molecule has 1 nitrogen and oxygen atoms in total. The van der Waals surface area contributed by atoms with Crippen molar-refractivity contribution in [3.63, 3.8) is 0 Å². The van der Waals surface area contributed by atoms with Crippen LogP contribution in [0.15, 0.2) is 35.9 Å². The largest absolute Gasteiger partial charge is 0.490 e. The first-order valence-corrected chi connectivity index (χ1v) is 15.1. The van der Waals surface area contributed by atoms with Crippen molar-refractivity contribution in [2.24, 2.45) is 46.3 Å². The second-order valence-corrected chi connectivity index (χ2v) is 14.1. The molecule has 1 heteroatoms. The van der Waals surface area contributed by atoms with Gasteiger partial charge in [0.1, 0.15) is 11.9 Å². The molecule has 0 radical (unpaired) electrons. The highest BCUT2D eigenvalue weighted by molar-refractivity contribution is 5.29. The quantitative estimate of drug-likeness (QED) is 0.356. The summed E-state index contributed by atoms with van der Waals surface area (Å²) in [6.07, 6.45) is 18.3. The zero-order valence-electron chi connectivity index (χ0n) is 23.6. The lowest BCUT2D eigenvalue weighted by atomic mass is 9.47. The molecule has 0 N–H and O–H groups in total. The molecule has 35 heavy (non-hydrogen) atoms. The zero-order chi connectivity index (χ0) is 24.8. The van der Waals surface area contributed by atoms with Gasteiger partial charge in [0.25, 0.3) is 0 Å². The number of rotatable bonds is 7. The van der Waals surface area contributed by atoms with E-state index in [2.05, 4.69) is 71.9 Å². The maximum Gasteiger partial charge on any atom is 0.119 e. The van der Waals surface area contributed by atoms with E-state index in [1.54, 1.807) is 5.57 Å². The molecule has 1 aromatic rings. The molecule has 4 aliphatic carbocycles. The fourth-order valence-electron chi connectivity index (χ4n) is 9.56. The van der Waals surface area contributed by atoms with E-state index in [1.807, 2.05) is 0 Å². The van der Waals surface area contributed by atoms with Crippen molar-refractivity contribution < 1.29 is 4.74 Å². The predicted molar refractivity (Wildman–Crippen MR) is 149 cm³/mol. The van der Waals surface area contributed by atoms with E-state index in [-0.39, 0.29) is 0 Å². The second-order valence-electron chi connectivity index (χ2n) is 14.1. The molecule has 0 aliphatic heterocycles. The van der Waals surface area contributed by atoms with Crippen molar-refractivity contribution in [3.8, 4) is 5.75 Å². The Bertz CT molecular complexity index is 896. The van der Waals surface area contributed by atoms with Crippen molar-refractivity contribution in [1.29, 1.82) is 0 Å². The minimum atomic E-state index is 0.352. The molecule has 8 atom stereocenters. The molecule has 1 aromatic carbocycles. The zero-order valence-corrected chi connectivity index (χ0v) is 23.6. The van der Waals surface area contributed by atoms with Crippen molar-refractivity contribution in [3.05, 3.63) is 41.5 Å². The summed E-state index contributed by atoms with van der Waals surface area (Å²) < 4.78 is 6.47. The van der Waals surface area contributed by atoms with Gasteiger partial charge in [0.15, 0.2) is 0 Å². The lowest BCUT2D eigenvalue weighted by Gasteiger charge is -2.58. The van der Waals surface area contributed by atoms with Gasteiger partial charge in [-0.05, 0) is 110 Å². The average Bonchev–Trinajstić information content (AvgIpc) is 3.18. The van der Waals surface area contributed by atoms with Crippen LogP contribution in [0.2, 0.25) is 0 Å². The van der Waals surface area contributed by atoms with Crippen molar-refractivity contribution in [1.82, 2.24) is 0 Å². The van der Waals surface area contributed by atoms with Gasteiger partial charge in [0.2, 0.25) is 0 Å². The van der Waals surface area contributed by atoms with Gasteiger partial charge in [0.05, 0.1) is 0 Å². The Morgan fingerprint density at radius 2 is 1.69 bits per heavy atom. The van der Waals surface area contributed by atoms with Crippen LogP contribution in [-0.4, -0.2) is 6.10 Å². The number of allylic oxidation sites excluding steroid dienone is 1. The molecular weight excluding hydrogens is 424 g/mol. The summed E-state index contributed by atoms with van der Waals surface area (Å²) in [6.45, 7) is 14.9. The number of benzene rings is 1. The van der Waals surface area contributed by atoms with Gasteiger partial charge in [-0.2, -0.15) is 0 Å². The molecule has 5 rings (SSSR count). The predicted octanol–water partition coefficient (Wildman–Crippen LogP) is 9.78. The minimum absolute atomic E-state index is 0.352. The molecule has 3 saturated carbocycles. The van der Waals surface area contributed by atoms with Gasteiger partial charge in [0, 0.05) is 6.42 Å². The van der Waals surface area contributed by atoms with Crippen molar-refractivity contribution in [2.75, 3.05) is 0 Å². The van der Waals surface area contributed by atoms with E-state index in [4.69, 9.17) is 4.74 Å². The van der Waals surface area contributed by atoms with E-state index in [0.717, 1.165) is 47.7 Å². The number of hydrogen-bond acceptors (Lipinski definition) is 1. The van der Waals surface area contributed by atoms with E-state index in [9.17, 15) is 0 Å². The van der Waals surface area contributed by atoms with Crippen LogP contribution in [-0.2, 0) is 0 Å². The Kier molecular flexibility index (Phi) is 7.19. The minimum Gasteiger partial charge on any atom is -0.490 e. The second kappa shape index (κ2) is 9.90. The van der Waals surface area contributed by atoms with Crippen molar-refractivity contribution >= 4 is 0 Å². The third kappa shape index (κ3) is 4.75. The first-order chi connectivity index (χ1) is 16.7. The highest BCUT2D eigenvalue weighted by atomic mass is 16.5. The van der Waals surface area contributed by atoms with Gasteiger partial charge in [-0.1, -0.05) is 83.2 Å². The summed E-state index contributed by atoms with van der Waals surface area (Å²) in [4.78, 5) is 0. The fraction of sp³-hybridized carbons (Fsp3) is 0.765. The van der Waals surface area contributed by atoms with Crippen LogP contribution in [0.1, 0.15) is 111 Å². The van der Waals surface area contributed by atoms with Crippen LogP contribution in [0.3, 0.4) is 0 Å². The summed E-state index contributed by atoms with van der Waals surface area (Å²) >= 11 is 0. The SMILES string of the molecule is Cc1ccc(O[C@H]2CC[C@@]3(C)C(=CC[C@H]4[C@H]5CC[C@H]([C@H](C)CCCC(C)C)[C@@]5(C)CC[C@H]43)C2)cc1. The van der Waals surface area contributed by atoms with Crippen LogP contribution in [0.25, 0.3) is 0 Å². The van der Waals surface area contributed by atoms with Crippen LogP contribution in [0, 0.1) is 53.3 Å². The summed E-state index contributed by atoms with van der Waals surface area (Å²) in [5.74, 6) is 6.53. The van der Waals surface area contributed by atoms with Crippen LogP contribution >= 0.6 is 0 Å². The summed E-state index contributed by atoms with van der Waals surface area (Å²) in [7, 11) is 0. The summed E-state index contributed by atoms with van der Waals surface area (Å²) in [5, 5.41) is 0. The lowest BCUT2D eigenvalue weighted by Crippen LogP contribution is -2.51. The van der Waals surface area contributed by atoms with Crippen LogP contribution in [0.5, 0.6) is 5.75 Å². The van der Waals surface area contributed by atoms with Crippen LogP contribution in [0.4, 0.5) is 0 Å². The molecule has 0 unspecified atom stereocenters. The Hall–Kier alpha value is -1.24. The number of hydrogen-bond donors (Lipinski definition) is 0. The number of ether oxygens (including phenoxy) is 1.